The van der Waals surface area contributed by atoms with E-state index in [-0.39, 0.29) is 6.54 Å². The first-order valence-corrected chi connectivity index (χ1v) is 4.83. The molecule has 0 unspecified atom stereocenters. The molecular weight excluding hydrogens is 266 g/mol. The van der Waals surface area contributed by atoms with Gasteiger partial charge in [-0.3, -0.25) is 0 Å². The lowest BCUT2D eigenvalue weighted by molar-refractivity contribution is -0.391. The molecule has 0 fully saturated rings. The lowest BCUT2D eigenvalue weighted by Gasteiger charge is -2.31. The summed E-state index contributed by atoms with van der Waals surface area (Å²) in [5.41, 5.74) is 0.489. The first-order chi connectivity index (χ1) is 7.86. The Bertz CT molecular complexity index is 441. The molecular formula is C9H6ClF4NO2. The topological polar surface area (TPSA) is 30.5 Å². The lowest BCUT2D eigenvalue weighted by Crippen LogP contribution is -2.52. The zero-order valence-electron chi connectivity index (χ0n) is 8.15. The predicted octanol–water partition coefficient (Wildman–Crippen LogP) is 2.89. The fourth-order valence-corrected chi connectivity index (χ4v) is 1.45. The Labute approximate surface area is 98.4 Å². The van der Waals surface area contributed by atoms with Crippen LogP contribution in [0, 0.1) is 0 Å². The van der Waals surface area contributed by atoms with Gasteiger partial charge in [-0.15, -0.1) is 0 Å². The number of alkyl halides is 4. The van der Waals surface area contributed by atoms with E-state index in [0.29, 0.717) is 5.56 Å². The van der Waals surface area contributed by atoms with E-state index in [2.05, 4.69) is 14.3 Å². The van der Waals surface area contributed by atoms with Gasteiger partial charge in [0, 0.05) is 6.54 Å². The Morgan fingerprint density at radius 1 is 1.06 bits per heavy atom. The van der Waals surface area contributed by atoms with Crippen molar-refractivity contribution in [3.8, 4) is 11.5 Å². The molecule has 0 spiro atoms. The third-order valence-electron chi connectivity index (χ3n) is 2.09. The molecule has 0 aromatic heterocycles. The molecule has 0 amide bonds. The molecule has 1 aromatic rings. The van der Waals surface area contributed by atoms with Crippen molar-refractivity contribution < 1.29 is 27.0 Å². The summed E-state index contributed by atoms with van der Waals surface area (Å²) in [6.45, 7) is 0.167. The van der Waals surface area contributed by atoms with Crippen molar-refractivity contribution in [2.24, 2.45) is 0 Å². The third-order valence-corrected chi connectivity index (χ3v) is 2.23. The van der Waals surface area contributed by atoms with Crippen LogP contribution in [0.4, 0.5) is 17.6 Å². The highest BCUT2D eigenvalue weighted by Gasteiger charge is 2.65. The average molecular weight is 272 g/mol. The summed E-state index contributed by atoms with van der Waals surface area (Å²) in [5, 5.41) is 0. The van der Waals surface area contributed by atoms with Crippen LogP contribution in [0.1, 0.15) is 5.56 Å². The number of fused-ring (bicyclic) bond motifs is 1. The van der Waals surface area contributed by atoms with Gasteiger partial charge in [0.25, 0.3) is 0 Å². The van der Waals surface area contributed by atoms with E-state index in [1.165, 1.54) is 6.07 Å². The normalized spacial score (nSPS) is 20.1. The standard InChI is InChI=1S/C9H6ClF4NO2/c10-15-4-5-1-2-6-7(3-5)17-9(13,14)8(11,12)16-6/h1-3,15H,4H2. The van der Waals surface area contributed by atoms with Gasteiger partial charge in [-0.25, -0.2) is 4.84 Å². The molecule has 8 heteroatoms. The van der Waals surface area contributed by atoms with Crippen LogP contribution in [0.5, 0.6) is 11.5 Å². The lowest BCUT2D eigenvalue weighted by atomic mass is 10.2. The molecule has 1 aliphatic heterocycles. The highest BCUT2D eigenvalue weighted by Crippen LogP contribution is 2.46. The van der Waals surface area contributed by atoms with Crippen molar-refractivity contribution in [3.05, 3.63) is 23.8 Å². The van der Waals surface area contributed by atoms with Crippen LogP contribution in [-0.4, -0.2) is 12.2 Å². The van der Waals surface area contributed by atoms with Gasteiger partial charge in [-0.2, -0.15) is 17.6 Å². The molecule has 0 saturated heterocycles. The maximum Gasteiger partial charge on any atom is 0.507 e. The molecule has 0 saturated carbocycles. The van der Waals surface area contributed by atoms with Gasteiger partial charge in [-0.05, 0) is 29.5 Å². The zero-order valence-corrected chi connectivity index (χ0v) is 8.90. The molecule has 94 valence electrons. The summed E-state index contributed by atoms with van der Waals surface area (Å²) in [5.74, 6) is -0.899. The number of ether oxygens (including phenoxy) is 2. The van der Waals surface area contributed by atoms with Gasteiger partial charge in [0.1, 0.15) is 0 Å². The predicted molar refractivity (Wildman–Crippen MR) is 50.3 cm³/mol. The van der Waals surface area contributed by atoms with Crippen molar-refractivity contribution in [2.75, 3.05) is 0 Å². The monoisotopic (exact) mass is 271 g/mol. The number of rotatable bonds is 2. The second-order valence-electron chi connectivity index (χ2n) is 3.33. The van der Waals surface area contributed by atoms with E-state index < -0.39 is 23.7 Å². The smallest absolute Gasteiger partial charge is 0.421 e. The van der Waals surface area contributed by atoms with Crippen molar-refractivity contribution in [3.63, 3.8) is 0 Å². The minimum Gasteiger partial charge on any atom is -0.421 e. The second kappa shape index (κ2) is 3.92. The molecule has 0 bridgehead atoms. The first-order valence-electron chi connectivity index (χ1n) is 4.46. The Morgan fingerprint density at radius 3 is 2.24 bits per heavy atom. The molecule has 2 rings (SSSR count). The second-order valence-corrected chi connectivity index (χ2v) is 3.60. The molecule has 1 N–H and O–H groups in total. The third kappa shape index (κ3) is 2.12. The Morgan fingerprint density at radius 2 is 1.65 bits per heavy atom. The van der Waals surface area contributed by atoms with Crippen LogP contribution in [-0.2, 0) is 6.54 Å². The van der Waals surface area contributed by atoms with Gasteiger partial charge >= 0.3 is 12.2 Å². The average Bonchev–Trinajstić information content (AvgIpc) is 2.20. The fraction of sp³-hybridized carbons (Fsp3) is 0.333. The highest BCUT2D eigenvalue weighted by atomic mass is 35.5. The van der Waals surface area contributed by atoms with Crippen LogP contribution >= 0.6 is 11.8 Å². The molecule has 0 aliphatic carbocycles. The Balaban J connectivity index is 2.36. The number of hydrogen-bond donors (Lipinski definition) is 1. The van der Waals surface area contributed by atoms with E-state index in [1.54, 1.807) is 0 Å². The summed E-state index contributed by atoms with van der Waals surface area (Å²) in [7, 11) is 0. The number of halogens is 5. The van der Waals surface area contributed by atoms with Gasteiger partial charge in [0.15, 0.2) is 11.5 Å². The van der Waals surface area contributed by atoms with Crippen LogP contribution < -0.4 is 14.3 Å². The summed E-state index contributed by atoms with van der Waals surface area (Å²) in [6, 6.07) is 3.66. The van der Waals surface area contributed by atoms with E-state index in [1.807, 2.05) is 0 Å². The van der Waals surface area contributed by atoms with Gasteiger partial charge in [0.2, 0.25) is 0 Å². The van der Waals surface area contributed by atoms with Gasteiger partial charge in [0.05, 0.1) is 0 Å². The summed E-state index contributed by atoms with van der Waals surface area (Å²) >= 11 is 5.23. The summed E-state index contributed by atoms with van der Waals surface area (Å²) < 4.78 is 59.1. The number of nitrogens with one attached hydrogen (secondary N) is 1. The molecule has 3 nitrogen and oxygen atoms in total. The van der Waals surface area contributed by atoms with Crippen molar-refractivity contribution in [1.82, 2.24) is 4.84 Å². The molecule has 0 atom stereocenters. The Hall–Kier alpha value is -1.21. The summed E-state index contributed by atoms with van der Waals surface area (Å²) in [4.78, 5) is 2.27. The van der Waals surface area contributed by atoms with Crippen molar-refractivity contribution in [1.29, 1.82) is 0 Å². The molecule has 0 radical (unpaired) electrons. The maximum absolute atomic E-state index is 12.8. The van der Waals surface area contributed by atoms with Gasteiger partial charge < -0.3 is 9.47 Å². The van der Waals surface area contributed by atoms with E-state index >= 15 is 0 Å². The van der Waals surface area contributed by atoms with Crippen molar-refractivity contribution >= 4 is 11.8 Å². The SMILES string of the molecule is FC1(F)Oc2ccc(CNCl)cc2OC1(F)F. The highest BCUT2D eigenvalue weighted by molar-refractivity contribution is 6.13. The number of hydrogen-bond acceptors (Lipinski definition) is 3. The van der Waals surface area contributed by atoms with Gasteiger partial charge in [-0.1, -0.05) is 6.07 Å². The molecule has 17 heavy (non-hydrogen) atoms. The first kappa shape index (κ1) is 12.3. The van der Waals surface area contributed by atoms with E-state index in [9.17, 15) is 17.6 Å². The maximum atomic E-state index is 12.8. The minimum absolute atomic E-state index is 0.167. The Kier molecular flexibility index (Phi) is 2.82. The van der Waals surface area contributed by atoms with E-state index in [4.69, 9.17) is 11.8 Å². The largest absolute Gasteiger partial charge is 0.507 e. The quantitative estimate of drug-likeness (QED) is 0.663. The fourth-order valence-electron chi connectivity index (χ4n) is 1.30. The van der Waals surface area contributed by atoms with Crippen LogP contribution in [0.25, 0.3) is 0 Å². The summed E-state index contributed by atoms with van der Waals surface area (Å²) in [6.07, 6.45) is -9.39. The molecule has 1 heterocycles. The van der Waals surface area contributed by atoms with Crippen molar-refractivity contribution in [2.45, 2.75) is 18.8 Å². The van der Waals surface area contributed by atoms with E-state index in [0.717, 1.165) is 12.1 Å². The zero-order chi connectivity index (χ0) is 12.7. The minimum atomic E-state index is -4.70. The number of benzene rings is 1. The molecule has 1 aromatic carbocycles. The van der Waals surface area contributed by atoms with Crippen LogP contribution in [0.2, 0.25) is 0 Å². The van der Waals surface area contributed by atoms with Crippen LogP contribution in [0.15, 0.2) is 18.2 Å². The molecule has 1 aliphatic rings. The van der Waals surface area contributed by atoms with Crippen LogP contribution in [0.3, 0.4) is 0 Å².